The fourth-order valence-corrected chi connectivity index (χ4v) is 5.71. The van der Waals surface area contributed by atoms with E-state index in [9.17, 15) is 18.0 Å². The Kier molecular flexibility index (Phi) is 9.35. The molecule has 1 fully saturated rings. The number of amidine groups is 1. The number of aliphatic imine (C=N–C) groups is 1. The molecule has 0 bridgehead atoms. The number of ether oxygens (including phenoxy) is 1. The Morgan fingerprint density at radius 2 is 1.84 bits per heavy atom. The minimum absolute atomic E-state index is 0.0644. The summed E-state index contributed by atoms with van der Waals surface area (Å²) in [5, 5.41) is 8.37. The second kappa shape index (κ2) is 13.2. The summed E-state index contributed by atoms with van der Waals surface area (Å²) in [5.41, 5.74) is 3.33. The van der Waals surface area contributed by atoms with Gasteiger partial charge in [0.25, 0.3) is 0 Å². The van der Waals surface area contributed by atoms with Gasteiger partial charge in [0, 0.05) is 18.2 Å². The molecule has 228 valence electrons. The van der Waals surface area contributed by atoms with Gasteiger partial charge in [-0.25, -0.2) is 9.67 Å². The summed E-state index contributed by atoms with van der Waals surface area (Å²) >= 11 is 6.83. The number of hydrogen-bond acceptors (Lipinski definition) is 6. The number of anilines is 1. The van der Waals surface area contributed by atoms with E-state index in [0.29, 0.717) is 35.4 Å². The highest BCUT2D eigenvalue weighted by Crippen LogP contribution is 2.36. The van der Waals surface area contributed by atoms with Gasteiger partial charge in [0.1, 0.15) is 12.1 Å². The number of amides is 1. The predicted octanol–water partition coefficient (Wildman–Crippen LogP) is 6.64. The Hall–Kier alpha value is -4.23. The van der Waals surface area contributed by atoms with Crippen molar-refractivity contribution in [3.63, 3.8) is 0 Å². The zero-order valence-corrected chi connectivity index (χ0v) is 25.8. The van der Waals surface area contributed by atoms with Crippen molar-refractivity contribution in [2.24, 2.45) is 4.99 Å². The maximum atomic E-state index is 12.9. The van der Waals surface area contributed by atoms with E-state index in [4.69, 9.17) is 17.0 Å². The monoisotopic (exact) mass is 638 g/mol. The molecule has 5 rings (SSSR count). The minimum atomic E-state index is -4.40. The number of carbonyl (C=O) groups is 1. The maximum absolute atomic E-state index is 12.9. The van der Waals surface area contributed by atoms with Crippen molar-refractivity contribution in [1.82, 2.24) is 20.1 Å². The largest absolute Gasteiger partial charge is 0.497 e. The zero-order valence-electron chi connectivity index (χ0n) is 24.1. The van der Waals surface area contributed by atoms with Crippen LogP contribution in [0.1, 0.15) is 36.5 Å². The number of thioether (sulfide) groups is 1. The second-order valence-electron chi connectivity index (χ2n) is 10.2. The summed E-state index contributed by atoms with van der Waals surface area (Å²) in [6, 6.07) is 18.1. The van der Waals surface area contributed by atoms with Crippen LogP contribution in [0.25, 0.3) is 17.1 Å². The molecule has 1 amide bonds. The lowest BCUT2D eigenvalue weighted by molar-refractivity contribution is -0.137. The SMILES string of the molecule is COc1ccc(C(C)C)c(N2C(=O)CS/C2=N\C(=S)NCCc2ccc(-c3ncn(-c4ccc(C(F)(F)F)cc4)n3)cc2)c1. The maximum Gasteiger partial charge on any atom is 0.416 e. The van der Waals surface area contributed by atoms with Crippen molar-refractivity contribution in [1.29, 1.82) is 0 Å². The Morgan fingerprint density at radius 3 is 2.50 bits per heavy atom. The van der Waals surface area contributed by atoms with Crippen molar-refractivity contribution in [2.75, 3.05) is 24.3 Å². The average molecular weight is 639 g/mol. The fraction of sp³-hybridized carbons (Fsp3) is 0.258. The van der Waals surface area contributed by atoms with Crippen LogP contribution in [0.3, 0.4) is 0 Å². The Morgan fingerprint density at radius 1 is 1.11 bits per heavy atom. The normalized spacial score (nSPS) is 14.5. The van der Waals surface area contributed by atoms with E-state index in [0.717, 1.165) is 34.5 Å². The summed E-state index contributed by atoms with van der Waals surface area (Å²) in [4.78, 5) is 23.3. The van der Waals surface area contributed by atoms with Gasteiger partial charge < -0.3 is 10.1 Å². The van der Waals surface area contributed by atoms with Gasteiger partial charge >= 0.3 is 6.18 Å². The minimum Gasteiger partial charge on any atom is -0.497 e. The number of halogens is 3. The molecule has 0 saturated carbocycles. The van der Waals surface area contributed by atoms with Crippen LogP contribution in [0.15, 0.2) is 78.0 Å². The van der Waals surface area contributed by atoms with Gasteiger partial charge in [0.2, 0.25) is 5.91 Å². The summed E-state index contributed by atoms with van der Waals surface area (Å²) in [7, 11) is 1.59. The van der Waals surface area contributed by atoms with Crippen molar-refractivity contribution in [3.8, 4) is 22.8 Å². The molecule has 1 N–H and O–H groups in total. The van der Waals surface area contributed by atoms with Crippen LogP contribution in [-0.2, 0) is 17.4 Å². The molecular formula is C31H29F3N6O2S2. The van der Waals surface area contributed by atoms with E-state index in [2.05, 4.69) is 34.2 Å². The highest BCUT2D eigenvalue weighted by molar-refractivity contribution is 8.15. The van der Waals surface area contributed by atoms with Crippen LogP contribution in [0.5, 0.6) is 5.75 Å². The first-order valence-corrected chi connectivity index (χ1v) is 15.1. The molecule has 4 aromatic rings. The van der Waals surface area contributed by atoms with Crippen LogP contribution in [0.2, 0.25) is 0 Å². The number of rotatable bonds is 8. The predicted molar refractivity (Wildman–Crippen MR) is 171 cm³/mol. The number of hydrogen-bond donors (Lipinski definition) is 1. The third-order valence-electron chi connectivity index (χ3n) is 6.92. The Balaban J connectivity index is 1.19. The van der Waals surface area contributed by atoms with E-state index in [1.54, 1.807) is 12.0 Å². The number of nitrogens with one attached hydrogen (secondary N) is 1. The molecule has 1 aromatic heterocycles. The summed E-state index contributed by atoms with van der Waals surface area (Å²) in [6.45, 7) is 4.67. The van der Waals surface area contributed by atoms with E-state index >= 15 is 0 Å². The van der Waals surface area contributed by atoms with Gasteiger partial charge in [-0.05, 0) is 66.0 Å². The van der Waals surface area contributed by atoms with Crippen LogP contribution >= 0.6 is 24.0 Å². The van der Waals surface area contributed by atoms with Crippen LogP contribution < -0.4 is 15.0 Å². The molecule has 0 unspecified atom stereocenters. The number of benzene rings is 3. The molecule has 3 aromatic carbocycles. The molecule has 44 heavy (non-hydrogen) atoms. The molecular weight excluding hydrogens is 610 g/mol. The topological polar surface area (TPSA) is 84.6 Å². The number of aromatic nitrogens is 3. The smallest absolute Gasteiger partial charge is 0.416 e. The number of thiocarbonyl (C=S) groups is 1. The van der Waals surface area contributed by atoms with Crippen LogP contribution in [-0.4, -0.2) is 50.4 Å². The summed E-state index contributed by atoms with van der Waals surface area (Å²) in [5.74, 6) is 1.52. The fourth-order valence-electron chi connectivity index (χ4n) is 4.60. The van der Waals surface area contributed by atoms with E-state index in [1.165, 1.54) is 34.9 Å². The first-order chi connectivity index (χ1) is 21.0. The number of nitrogens with zero attached hydrogens (tertiary/aromatic N) is 5. The Bertz CT molecular complexity index is 1690. The molecule has 1 aliphatic heterocycles. The van der Waals surface area contributed by atoms with Gasteiger partial charge in [0.15, 0.2) is 16.1 Å². The number of methoxy groups -OCH3 is 1. The third-order valence-corrected chi connectivity index (χ3v) is 8.08. The van der Waals surface area contributed by atoms with Gasteiger partial charge in [-0.3, -0.25) is 9.69 Å². The highest BCUT2D eigenvalue weighted by Gasteiger charge is 2.32. The van der Waals surface area contributed by atoms with Gasteiger partial charge in [-0.15, -0.1) is 5.10 Å². The highest BCUT2D eigenvalue weighted by atomic mass is 32.2. The first kappa shape index (κ1) is 31.2. The van der Waals surface area contributed by atoms with Crippen molar-refractivity contribution >= 4 is 45.9 Å². The van der Waals surface area contributed by atoms with Crippen LogP contribution in [0, 0.1) is 0 Å². The third kappa shape index (κ3) is 7.11. The van der Waals surface area contributed by atoms with E-state index in [1.807, 2.05) is 42.5 Å². The zero-order chi connectivity index (χ0) is 31.4. The lowest BCUT2D eigenvalue weighted by Gasteiger charge is -2.22. The van der Waals surface area contributed by atoms with Crippen LogP contribution in [0.4, 0.5) is 18.9 Å². The standard InChI is InChI=1S/C31H29F3N6O2S2/c1-19(2)25-13-12-24(42-3)16-26(25)40-27(41)17-44-30(40)37-29(43)35-15-14-20-4-6-21(7-5-20)28-36-18-39(38-28)23-10-8-22(9-11-23)31(32,33)34/h4-13,16,18-19H,14-15,17H2,1-3H3,(H,35,43)/b37-30-. The lowest BCUT2D eigenvalue weighted by atomic mass is 10.00. The van der Waals surface area contributed by atoms with Gasteiger partial charge in [-0.1, -0.05) is 55.9 Å². The van der Waals surface area contributed by atoms with Crippen molar-refractivity contribution in [2.45, 2.75) is 32.4 Å². The molecule has 0 aliphatic carbocycles. The number of alkyl halides is 3. The molecule has 0 spiro atoms. The molecule has 13 heteroatoms. The van der Waals surface area contributed by atoms with Gasteiger partial charge in [-0.2, -0.15) is 18.2 Å². The molecule has 0 atom stereocenters. The molecule has 2 heterocycles. The molecule has 1 saturated heterocycles. The second-order valence-corrected chi connectivity index (χ2v) is 11.6. The van der Waals surface area contributed by atoms with E-state index < -0.39 is 11.7 Å². The molecule has 0 radical (unpaired) electrons. The average Bonchev–Trinajstić information content (AvgIpc) is 3.64. The lowest BCUT2D eigenvalue weighted by Crippen LogP contribution is -2.32. The van der Waals surface area contributed by atoms with Crippen molar-refractivity contribution < 1.29 is 22.7 Å². The number of carbonyl (C=O) groups excluding carboxylic acids is 1. The summed E-state index contributed by atoms with van der Waals surface area (Å²) in [6.07, 6.45) is -2.26. The molecule has 1 aliphatic rings. The first-order valence-electron chi connectivity index (χ1n) is 13.7. The van der Waals surface area contributed by atoms with Crippen molar-refractivity contribution in [3.05, 3.63) is 89.7 Å². The molecule has 8 nitrogen and oxygen atoms in total. The Labute approximate surface area is 262 Å². The quantitative estimate of drug-likeness (QED) is 0.217. The van der Waals surface area contributed by atoms with E-state index in [-0.39, 0.29) is 22.7 Å². The van der Waals surface area contributed by atoms with Gasteiger partial charge in [0.05, 0.1) is 29.8 Å². The summed E-state index contributed by atoms with van der Waals surface area (Å²) < 4.78 is 45.4.